The molecule has 0 spiro atoms. The Hall–Kier alpha value is -6.45. The van der Waals surface area contributed by atoms with Crippen molar-refractivity contribution in [3.05, 3.63) is 133 Å². The van der Waals surface area contributed by atoms with E-state index in [0.29, 0.717) is 11.1 Å². The number of hydrogen-bond acceptors (Lipinski definition) is 8. The Labute approximate surface area is 246 Å². The fourth-order valence-electron chi connectivity index (χ4n) is 3.09. The second kappa shape index (κ2) is 14.8. The molecule has 0 fully saturated rings. The summed E-state index contributed by atoms with van der Waals surface area (Å²) in [6, 6.07) is 13.1. The second-order valence-corrected chi connectivity index (χ2v) is 7.99. The van der Waals surface area contributed by atoms with Gasteiger partial charge in [0.25, 0.3) is 0 Å². The van der Waals surface area contributed by atoms with Crippen molar-refractivity contribution in [2.75, 3.05) is 0 Å². The first kappa shape index (κ1) is 31.1. The molecule has 3 aromatic rings. The molecular weight excluding hydrogens is 555 g/mol. The summed E-state index contributed by atoms with van der Waals surface area (Å²) in [5, 5.41) is 0. The Morgan fingerprint density at radius 3 is 1.47 bits per heavy atom. The van der Waals surface area contributed by atoms with Gasteiger partial charge in [0.1, 0.15) is 17.1 Å². The van der Waals surface area contributed by atoms with E-state index in [-0.39, 0.29) is 28.4 Å². The zero-order chi connectivity index (χ0) is 31.4. The number of ether oxygens (including phenoxy) is 4. The van der Waals surface area contributed by atoms with E-state index in [1.807, 2.05) is 0 Å². The lowest BCUT2D eigenvalue weighted by atomic mass is 10.1. The molecule has 3 rings (SSSR count). The first-order chi connectivity index (χ1) is 20.7. The second-order valence-electron chi connectivity index (χ2n) is 7.99. The zero-order valence-electron chi connectivity index (χ0n) is 22.5. The van der Waals surface area contributed by atoms with E-state index in [9.17, 15) is 19.2 Å². The maximum absolute atomic E-state index is 15.7. The highest BCUT2D eigenvalue weighted by molar-refractivity contribution is 5.86. The van der Waals surface area contributed by atoms with Crippen molar-refractivity contribution in [2.24, 2.45) is 0 Å². The molecule has 0 bridgehead atoms. The molecule has 0 atom stereocenters. The van der Waals surface area contributed by atoms with Crippen LogP contribution in [0.3, 0.4) is 0 Å². The van der Waals surface area contributed by atoms with Gasteiger partial charge in [-0.15, -0.1) is 0 Å². The van der Waals surface area contributed by atoms with Gasteiger partial charge in [-0.1, -0.05) is 50.0 Å². The van der Waals surface area contributed by atoms with Crippen LogP contribution in [0.15, 0.2) is 105 Å². The van der Waals surface area contributed by atoms with Crippen LogP contribution in [0.25, 0.3) is 0 Å². The van der Waals surface area contributed by atoms with Crippen LogP contribution in [0.1, 0.15) is 22.3 Å². The lowest BCUT2D eigenvalue weighted by Gasteiger charge is -2.12. The number of halogens is 1. The Morgan fingerprint density at radius 2 is 1.00 bits per heavy atom. The van der Waals surface area contributed by atoms with Crippen LogP contribution in [-0.2, 0) is 19.2 Å². The standard InChI is InChI=1S/C34H21FO8/c1-5-29(36)40-25-16-10-22(11-17-25)9-15-24-21-28(42-31(38)7-3)27(34(33(24)35)43-32(39)8-4)20-14-23-12-18-26(19-13-23)41-30(37)6-2/h5-8,10-13,16-19,21H,1-4H2. The Kier molecular flexibility index (Phi) is 10.7. The minimum Gasteiger partial charge on any atom is -0.423 e. The van der Waals surface area contributed by atoms with E-state index >= 15 is 4.39 Å². The van der Waals surface area contributed by atoms with Crippen LogP contribution in [-0.4, -0.2) is 23.9 Å². The summed E-state index contributed by atoms with van der Waals surface area (Å²) >= 11 is 0. The quantitative estimate of drug-likeness (QED) is 0.160. The summed E-state index contributed by atoms with van der Waals surface area (Å²) in [5.74, 6) is 6.07. The van der Waals surface area contributed by atoms with Crippen molar-refractivity contribution in [3.8, 4) is 46.7 Å². The van der Waals surface area contributed by atoms with E-state index in [2.05, 4.69) is 50.0 Å². The summed E-state index contributed by atoms with van der Waals surface area (Å²) in [4.78, 5) is 47.0. The first-order valence-corrected chi connectivity index (χ1v) is 12.1. The number of benzene rings is 3. The molecule has 212 valence electrons. The summed E-state index contributed by atoms with van der Waals surface area (Å²) in [7, 11) is 0. The first-order valence-electron chi connectivity index (χ1n) is 12.1. The Morgan fingerprint density at radius 1 is 0.581 bits per heavy atom. The SMILES string of the molecule is C=CC(=O)Oc1ccc(C#Cc2cc(OC(=O)C=C)c(C#Cc3ccc(OC(=O)C=C)cc3)c(OC(=O)C=C)c2F)cc1. The molecule has 0 heterocycles. The van der Waals surface area contributed by atoms with E-state index in [1.54, 1.807) is 0 Å². The predicted octanol–water partition coefficient (Wildman–Crippen LogP) is 4.99. The van der Waals surface area contributed by atoms with Gasteiger partial charge < -0.3 is 18.9 Å². The normalized spacial score (nSPS) is 9.42. The van der Waals surface area contributed by atoms with Crippen LogP contribution in [0.4, 0.5) is 4.39 Å². The number of carbonyl (C=O) groups is 4. The highest BCUT2D eigenvalue weighted by atomic mass is 19.1. The minimum atomic E-state index is -1.06. The van der Waals surface area contributed by atoms with Gasteiger partial charge in [-0.2, -0.15) is 0 Å². The largest absolute Gasteiger partial charge is 0.423 e. The molecule has 0 aliphatic carbocycles. The summed E-state index contributed by atoms with van der Waals surface area (Å²) in [5.41, 5.74) is 0.244. The van der Waals surface area contributed by atoms with Crippen molar-refractivity contribution < 1.29 is 42.5 Å². The molecule has 0 saturated heterocycles. The van der Waals surface area contributed by atoms with Gasteiger partial charge in [0, 0.05) is 41.5 Å². The van der Waals surface area contributed by atoms with Crippen LogP contribution >= 0.6 is 0 Å². The third-order valence-corrected chi connectivity index (χ3v) is 5.08. The Balaban J connectivity index is 2.10. The summed E-state index contributed by atoms with van der Waals surface area (Å²) in [6.07, 6.45) is 3.71. The molecule has 0 amide bonds. The molecule has 0 unspecified atom stereocenters. The van der Waals surface area contributed by atoms with Crippen LogP contribution < -0.4 is 18.9 Å². The zero-order valence-corrected chi connectivity index (χ0v) is 22.5. The number of esters is 4. The summed E-state index contributed by atoms with van der Waals surface area (Å²) in [6.45, 7) is 13.3. The van der Waals surface area contributed by atoms with Crippen LogP contribution in [0.2, 0.25) is 0 Å². The lowest BCUT2D eigenvalue weighted by Crippen LogP contribution is -2.11. The van der Waals surface area contributed by atoms with Crippen molar-refractivity contribution in [1.29, 1.82) is 0 Å². The van der Waals surface area contributed by atoms with Gasteiger partial charge >= 0.3 is 23.9 Å². The van der Waals surface area contributed by atoms with E-state index in [4.69, 9.17) is 18.9 Å². The molecular formula is C34H21FO8. The molecule has 0 aliphatic heterocycles. The minimum absolute atomic E-state index is 0.234. The van der Waals surface area contributed by atoms with Crippen molar-refractivity contribution in [2.45, 2.75) is 0 Å². The monoisotopic (exact) mass is 576 g/mol. The van der Waals surface area contributed by atoms with Crippen molar-refractivity contribution in [1.82, 2.24) is 0 Å². The van der Waals surface area contributed by atoms with Crippen molar-refractivity contribution >= 4 is 23.9 Å². The molecule has 8 nitrogen and oxygen atoms in total. The van der Waals surface area contributed by atoms with Gasteiger partial charge in [0.15, 0.2) is 17.3 Å². The lowest BCUT2D eigenvalue weighted by molar-refractivity contribution is -0.130. The van der Waals surface area contributed by atoms with Gasteiger partial charge in [-0.25, -0.2) is 23.6 Å². The van der Waals surface area contributed by atoms with Gasteiger partial charge in [-0.3, -0.25) is 0 Å². The van der Waals surface area contributed by atoms with E-state index in [1.165, 1.54) is 48.5 Å². The maximum atomic E-state index is 15.7. The van der Waals surface area contributed by atoms with Gasteiger partial charge in [0.05, 0.1) is 5.56 Å². The molecule has 0 saturated carbocycles. The highest BCUT2D eigenvalue weighted by Crippen LogP contribution is 2.34. The third kappa shape index (κ3) is 8.77. The fraction of sp³-hybridized carbons (Fsp3) is 0. The summed E-state index contributed by atoms with van der Waals surface area (Å²) < 4.78 is 36.2. The number of hydrogen-bond donors (Lipinski definition) is 0. The molecule has 0 N–H and O–H groups in total. The van der Waals surface area contributed by atoms with Crippen molar-refractivity contribution in [3.63, 3.8) is 0 Å². The highest BCUT2D eigenvalue weighted by Gasteiger charge is 2.22. The van der Waals surface area contributed by atoms with Gasteiger partial charge in [-0.05, 0) is 48.5 Å². The number of rotatable bonds is 8. The predicted molar refractivity (Wildman–Crippen MR) is 155 cm³/mol. The van der Waals surface area contributed by atoms with Gasteiger partial charge in [0.2, 0.25) is 0 Å². The average molecular weight is 577 g/mol. The molecule has 9 heteroatoms. The molecule has 0 aromatic heterocycles. The molecule has 0 aliphatic rings. The Bertz CT molecular complexity index is 1760. The topological polar surface area (TPSA) is 105 Å². The maximum Gasteiger partial charge on any atom is 0.335 e. The van der Waals surface area contributed by atoms with E-state index < -0.39 is 35.4 Å². The molecule has 0 radical (unpaired) electrons. The molecule has 43 heavy (non-hydrogen) atoms. The number of carbonyl (C=O) groups excluding carboxylic acids is 4. The third-order valence-electron chi connectivity index (χ3n) is 5.08. The van der Waals surface area contributed by atoms with Crippen LogP contribution in [0.5, 0.6) is 23.0 Å². The van der Waals surface area contributed by atoms with Crippen LogP contribution in [0, 0.1) is 29.5 Å². The molecule has 3 aromatic carbocycles. The van der Waals surface area contributed by atoms with E-state index in [0.717, 1.165) is 30.4 Å². The smallest absolute Gasteiger partial charge is 0.335 e. The fourth-order valence-corrected chi connectivity index (χ4v) is 3.09. The average Bonchev–Trinajstić information content (AvgIpc) is 3.02.